The molecule has 1 aromatic rings. The molecular weight excluding hydrogens is 244 g/mol. The monoisotopic (exact) mass is 268 g/mol. The number of hydrogen-bond donors (Lipinski definition) is 3. The molecule has 0 spiro atoms. The van der Waals surface area contributed by atoms with E-state index in [0.29, 0.717) is 36.3 Å². The van der Waals surface area contributed by atoms with E-state index in [1.165, 1.54) is 6.33 Å². The maximum Gasteiger partial charge on any atom is 0.204 e. The number of ether oxygens (including phenoxy) is 1. The minimum absolute atomic E-state index is 0.404. The van der Waals surface area contributed by atoms with Gasteiger partial charge in [0, 0.05) is 13.6 Å². The van der Waals surface area contributed by atoms with Crippen LogP contribution in [0.5, 0.6) is 5.75 Å². The van der Waals surface area contributed by atoms with Gasteiger partial charge < -0.3 is 20.5 Å². The maximum absolute atomic E-state index is 10.3. The Bertz CT molecular complexity index is 408. The molecular formula is C13H24N4O2. The molecule has 1 unspecified atom stereocenters. The van der Waals surface area contributed by atoms with Crippen LogP contribution in [0.4, 0.5) is 11.6 Å². The number of hydrogen-bond acceptors (Lipinski definition) is 6. The summed E-state index contributed by atoms with van der Waals surface area (Å²) in [5.41, 5.74) is -0.788. The highest BCUT2D eigenvalue weighted by molar-refractivity contribution is 5.63. The van der Waals surface area contributed by atoms with Crippen LogP contribution in [0, 0.1) is 5.92 Å². The molecule has 0 aromatic carbocycles. The summed E-state index contributed by atoms with van der Waals surface area (Å²) >= 11 is 0. The Morgan fingerprint density at radius 2 is 2.00 bits per heavy atom. The second kappa shape index (κ2) is 6.56. The van der Waals surface area contributed by atoms with Gasteiger partial charge in [-0.2, -0.15) is 0 Å². The number of nitrogens with one attached hydrogen (secondary N) is 2. The molecule has 19 heavy (non-hydrogen) atoms. The first-order chi connectivity index (χ1) is 8.89. The van der Waals surface area contributed by atoms with Gasteiger partial charge in [0.2, 0.25) is 5.75 Å². The van der Waals surface area contributed by atoms with E-state index in [9.17, 15) is 5.11 Å². The molecule has 1 aromatic heterocycles. The van der Waals surface area contributed by atoms with Gasteiger partial charge in [0.15, 0.2) is 11.6 Å². The van der Waals surface area contributed by atoms with Gasteiger partial charge in [-0.3, -0.25) is 0 Å². The summed E-state index contributed by atoms with van der Waals surface area (Å²) in [6.45, 7) is 6.38. The van der Waals surface area contributed by atoms with Gasteiger partial charge in [-0.05, 0) is 19.3 Å². The first kappa shape index (κ1) is 15.5. The molecule has 0 aliphatic heterocycles. The summed E-state index contributed by atoms with van der Waals surface area (Å²) in [4.78, 5) is 8.21. The molecule has 0 aliphatic carbocycles. The van der Waals surface area contributed by atoms with E-state index in [-0.39, 0.29) is 0 Å². The molecule has 1 heterocycles. The van der Waals surface area contributed by atoms with Crippen LogP contribution in [0.2, 0.25) is 0 Å². The van der Waals surface area contributed by atoms with Crippen molar-refractivity contribution in [3.05, 3.63) is 6.33 Å². The molecule has 0 fully saturated rings. The van der Waals surface area contributed by atoms with Crippen molar-refractivity contribution in [2.45, 2.75) is 32.8 Å². The lowest BCUT2D eigenvalue weighted by Gasteiger charge is -2.26. The summed E-state index contributed by atoms with van der Waals surface area (Å²) in [6.07, 6.45) is 2.17. The Morgan fingerprint density at radius 1 is 1.37 bits per heavy atom. The quantitative estimate of drug-likeness (QED) is 0.699. The van der Waals surface area contributed by atoms with Gasteiger partial charge in [0.1, 0.15) is 6.33 Å². The molecule has 0 bridgehead atoms. The van der Waals surface area contributed by atoms with Crippen LogP contribution >= 0.6 is 0 Å². The number of anilines is 2. The zero-order chi connectivity index (χ0) is 14.5. The average Bonchev–Trinajstić information content (AvgIpc) is 2.34. The Kier molecular flexibility index (Phi) is 5.35. The molecule has 0 saturated heterocycles. The van der Waals surface area contributed by atoms with E-state index in [1.54, 1.807) is 14.2 Å². The summed E-state index contributed by atoms with van der Waals surface area (Å²) in [5, 5.41) is 16.3. The topological polar surface area (TPSA) is 79.3 Å². The molecule has 6 nitrogen and oxygen atoms in total. The zero-order valence-corrected chi connectivity index (χ0v) is 12.3. The van der Waals surface area contributed by atoms with E-state index in [1.807, 2.05) is 6.92 Å². The van der Waals surface area contributed by atoms with Crippen molar-refractivity contribution < 1.29 is 9.84 Å². The average molecular weight is 268 g/mol. The fourth-order valence-electron chi connectivity index (χ4n) is 2.10. The Balaban J connectivity index is 2.77. The SMILES string of the molecule is CNc1ncnc(NCC(C)(O)CC(C)C)c1OC. The van der Waals surface area contributed by atoms with Crippen LogP contribution in [0.3, 0.4) is 0 Å². The van der Waals surface area contributed by atoms with Crippen molar-refractivity contribution >= 4 is 11.6 Å². The predicted molar refractivity (Wildman–Crippen MR) is 76.7 cm³/mol. The zero-order valence-electron chi connectivity index (χ0n) is 12.3. The maximum atomic E-state index is 10.3. The normalized spacial score (nSPS) is 14.1. The van der Waals surface area contributed by atoms with Gasteiger partial charge in [-0.1, -0.05) is 13.8 Å². The van der Waals surface area contributed by atoms with Crippen LogP contribution in [0.1, 0.15) is 27.2 Å². The fourth-order valence-corrected chi connectivity index (χ4v) is 2.10. The standard InChI is InChI=1S/C13H24N4O2/c1-9(2)6-13(3,18)7-15-12-10(19-5)11(14-4)16-8-17-12/h8-9,18H,6-7H2,1-5H3,(H2,14,15,16,17). The highest BCUT2D eigenvalue weighted by Crippen LogP contribution is 2.29. The van der Waals surface area contributed by atoms with Crippen molar-refractivity contribution in [3.63, 3.8) is 0 Å². The molecule has 6 heteroatoms. The van der Waals surface area contributed by atoms with Gasteiger partial charge >= 0.3 is 0 Å². The minimum Gasteiger partial charge on any atom is -0.490 e. The van der Waals surface area contributed by atoms with Crippen LogP contribution in [-0.4, -0.2) is 41.4 Å². The lowest BCUT2D eigenvalue weighted by atomic mass is 9.94. The first-order valence-corrected chi connectivity index (χ1v) is 6.42. The molecule has 108 valence electrons. The van der Waals surface area contributed by atoms with Gasteiger partial charge in [-0.15, -0.1) is 0 Å². The summed E-state index contributed by atoms with van der Waals surface area (Å²) in [5.74, 6) is 2.16. The lowest BCUT2D eigenvalue weighted by Crippen LogP contribution is -2.35. The second-order valence-corrected chi connectivity index (χ2v) is 5.30. The predicted octanol–water partition coefficient (Wildman–Crippen LogP) is 1.74. The number of rotatable bonds is 7. The molecule has 1 atom stereocenters. The van der Waals surface area contributed by atoms with Crippen LogP contribution in [0.15, 0.2) is 6.33 Å². The van der Waals surface area contributed by atoms with E-state index in [0.717, 1.165) is 0 Å². The van der Waals surface area contributed by atoms with Gasteiger partial charge in [0.05, 0.1) is 12.7 Å². The van der Waals surface area contributed by atoms with E-state index in [4.69, 9.17) is 4.74 Å². The largest absolute Gasteiger partial charge is 0.490 e. The Morgan fingerprint density at radius 3 is 2.53 bits per heavy atom. The Labute approximate surface area is 114 Å². The first-order valence-electron chi connectivity index (χ1n) is 6.42. The third kappa shape index (κ3) is 4.55. The van der Waals surface area contributed by atoms with Gasteiger partial charge in [-0.25, -0.2) is 9.97 Å². The number of aliphatic hydroxyl groups is 1. The van der Waals surface area contributed by atoms with Crippen LogP contribution < -0.4 is 15.4 Å². The molecule has 0 aliphatic rings. The Hall–Kier alpha value is -1.56. The number of aromatic nitrogens is 2. The van der Waals surface area contributed by atoms with Crippen molar-refractivity contribution in [3.8, 4) is 5.75 Å². The second-order valence-electron chi connectivity index (χ2n) is 5.30. The van der Waals surface area contributed by atoms with Crippen molar-refractivity contribution in [1.82, 2.24) is 9.97 Å². The third-order valence-electron chi connectivity index (χ3n) is 2.73. The third-order valence-corrected chi connectivity index (χ3v) is 2.73. The molecule has 1 rings (SSSR count). The van der Waals surface area contributed by atoms with Crippen molar-refractivity contribution in [2.75, 3.05) is 31.3 Å². The van der Waals surface area contributed by atoms with Gasteiger partial charge in [0.25, 0.3) is 0 Å². The minimum atomic E-state index is -0.788. The highest BCUT2D eigenvalue weighted by atomic mass is 16.5. The van der Waals surface area contributed by atoms with Crippen molar-refractivity contribution in [1.29, 1.82) is 0 Å². The van der Waals surface area contributed by atoms with E-state index in [2.05, 4.69) is 34.4 Å². The molecule has 3 N–H and O–H groups in total. The van der Waals surface area contributed by atoms with Crippen LogP contribution in [0.25, 0.3) is 0 Å². The number of methoxy groups -OCH3 is 1. The summed E-state index contributed by atoms with van der Waals surface area (Å²) < 4.78 is 5.28. The van der Waals surface area contributed by atoms with Crippen LogP contribution in [-0.2, 0) is 0 Å². The smallest absolute Gasteiger partial charge is 0.204 e. The molecule has 0 saturated carbocycles. The fraction of sp³-hybridized carbons (Fsp3) is 0.692. The summed E-state index contributed by atoms with van der Waals surface area (Å²) in [6, 6.07) is 0. The molecule has 0 amide bonds. The lowest BCUT2D eigenvalue weighted by molar-refractivity contribution is 0.0514. The molecule has 0 radical (unpaired) electrons. The number of nitrogens with zero attached hydrogens (tertiary/aromatic N) is 2. The summed E-state index contributed by atoms with van der Waals surface area (Å²) in [7, 11) is 3.33. The highest BCUT2D eigenvalue weighted by Gasteiger charge is 2.23. The van der Waals surface area contributed by atoms with Crippen molar-refractivity contribution in [2.24, 2.45) is 5.92 Å². The van der Waals surface area contributed by atoms with E-state index < -0.39 is 5.60 Å². The van der Waals surface area contributed by atoms with E-state index >= 15 is 0 Å².